The maximum Gasteiger partial charge on any atom is 0.146 e. The minimum atomic E-state index is -0.749. The lowest BCUT2D eigenvalue weighted by Gasteiger charge is -2.29. The topological polar surface area (TPSA) is 35.9 Å². The number of aliphatic hydroxyl groups is 1. The van der Waals surface area contributed by atoms with E-state index in [4.69, 9.17) is 4.74 Å². The van der Waals surface area contributed by atoms with Crippen LogP contribution in [0, 0.1) is 5.82 Å². The highest BCUT2D eigenvalue weighted by Crippen LogP contribution is 2.22. The van der Waals surface area contributed by atoms with E-state index < -0.39 is 5.60 Å². The molecule has 1 aromatic carbocycles. The predicted octanol–water partition coefficient (Wildman–Crippen LogP) is 1.86. The largest absolute Gasteiger partial charge is 0.389 e. The molecule has 0 unspecified atom stereocenters. The van der Waals surface area contributed by atoms with Crippen molar-refractivity contribution >= 4 is 5.69 Å². The van der Waals surface area contributed by atoms with E-state index in [2.05, 4.69) is 0 Å². The van der Waals surface area contributed by atoms with Crippen LogP contribution in [-0.4, -0.2) is 55.5 Å². The quantitative estimate of drug-likeness (QED) is 0.900. The second-order valence-electron chi connectivity index (χ2n) is 6.37. The first-order chi connectivity index (χ1) is 9.85. The van der Waals surface area contributed by atoms with Gasteiger partial charge in [-0.2, -0.15) is 0 Å². The summed E-state index contributed by atoms with van der Waals surface area (Å²) >= 11 is 0. The van der Waals surface area contributed by atoms with Crippen molar-refractivity contribution in [3.63, 3.8) is 0 Å². The highest BCUT2D eigenvalue weighted by atomic mass is 19.1. The molecule has 0 saturated carbocycles. The van der Waals surface area contributed by atoms with Gasteiger partial charge in [-0.25, -0.2) is 4.39 Å². The Morgan fingerprint density at radius 2 is 2.00 bits per heavy atom. The van der Waals surface area contributed by atoms with E-state index in [1.54, 1.807) is 19.9 Å². The fourth-order valence-electron chi connectivity index (χ4n) is 2.74. The highest BCUT2D eigenvalue weighted by Gasteiger charge is 2.18. The molecular weight excluding hydrogens is 271 g/mol. The SMILES string of the molecule is CN(Cc1ccc(N2CCOCC2)c(F)c1)CC(C)(C)O. The van der Waals surface area contributed by atoms with Gasteiger partial charge in [-0.3, -0.25) is 4.90 Å². The first-order valence-corrected chi connectivity index (χ1v) is 7.37. The number of ether oxygens (including phenoxy) is 1. The summed E-state index contributed by atoms with van der Waals surface area (Å²) in [4.78, 5) is 4.01. The molecule has 21 heavy (non-hydrogen) atoms. The molecular formula is C16H25FN2O2. The second-order valence-corrected chi connectivity index (χ2v) is 6.37. The van der Waals surface area contributed by atoms with Crippen LogP contribution < -0.4 is 4.90 Å². The molecule has 1 N–H and O–H groups in total. The first-order valence-electron chi connectivity index (χ1n) is 7.37. The standard InChI is InChI=1S/C16H25FN2O2/c1-16(2,20)12-18(3)11-13-4-5-15(14(17)10-13)19-6-8-21-9-7-19/h4-5,10,20H,6-9,11-12H2,1-3H3. The molecule has 0 aromatic heterocycles. The first kappa shape index (κ1) is 16.2. The van der Waals surface area contributed by atoms with Crippen LogP contribution in [0.2, 0.25) is 0 Å². The molecule has 0 spiro atoms. The number of anilines is 1. The van der Waals surface area contributed by atoms with Crippen molar-refractivity contribution in [2.45, 2.75) is 26.0 Å². The maximum absolute atomic E-state index is 14.3. The van der Waals surface area contributed by atoms with Gasteiger partial charge in [-0.05, 0) is 38.6 Å². The Morgan fingerprint density at radius 3 is 2.57 bits per heavy atom. The molecule has 1 heterocycles. The second kappa shape index (κ2) is 6.73. The van der Waals surface area contributed by atoms with Crippen molar-refractivity contribution in [1.82, 2.24) is 4.90 Å². The van der Waals surface area contributed by atoms with Crippen LogP contribution in [0.15, 0.2) is 18.2 Å². The summed E-state index contributed by atoms with van der Waals surface area (Å²) in [5.74, 6) is -0.189. The molecule has 0 radical (unpaired) electrons. The molecule has 1 aromatic rings. The average Bonchev–Trinajstić information content (AvgIpc) is 2.37. The number of morpholine rings is 1. The normalized spacial score (nSPS) is 16.6. The third-order valence-corrected chi connectivity index (χ3v) is 3.47. The van der Waals surface area contributed by atoms with Crippen LogP contribution in [0.4, 0.5) is 10.1 Å². The Labute approximate surface area is 126 Å². The zero-order valence-corrected chi connectivity index (χ0v) is 13.1. The lowest BCUT2D eigenvalue weighted by molar-refractivity contribution is 0.0425. The number of hydrogen-bond donors (Lipinski definition) is 1. The van der Waals surface area contributed by atoms with Crippen LogP contribution >= 0.6 is 0 Å². The van der Waals surface area contributed by atoms with Crippen molar-refractivity contribution in [1.29, 1.82) is 0 Å². The summed E-state index contributed by atoms with van der Waals surface area (Å²) in [7, 11) is 1.92. The van der Waals surface area contributed by atoms with E-state index in [1.165, 1.54) is 0 Å². The van der Waals surface area contributed by atoms with E-state index in [9.17, 15) is 9.50 Å². The smallest absolute Gasteiger partial charge is 0.146 e. The van der Waals surface area contributed by atoms with Gasteiger partial charge in [0.1, 0.15) is 5.82 Å². The van der Waals surface area contributed by atoms with Crippen LogP contribution in [0.3, 0.4) is 0 Å². The number of halogens is 1. The summed E-state index contributed by atoms with van der Waals surface area (Å²) in [6.07, 6.45) is 0. The van der Waals surface area contributed by atoms with Crippen molar-refractivity contribution in [2.24, 2.45) is 0 Å². The molecule has 0 amide bonds. The van der Waals surface area contributed by atoms with E-state index in [1.807, 2.05) is 29.0 Å². The van der Waals surface area contributed by atoms with E-state index in [0.29, 0.717) is 32.0 Å². The minimum absolute atomic E-state index is 0.189. The predicted molar refractivity (Wildman–Crippen MR) is 82.1 cm³/mol. The fraction of sp³-hybridized carbons (Fsp3) is 0.625. The third-order valence-electron chi connectivity index (χ3n) is 3.47. The van der Waals surface area contributed by atoms with E-state index >= 15 is 0 Å². The Hall–Kier alpha value is -1.17. The van der Waals surface area contributed by atoms with Crippen molar-refractivity contribution in [3.8, 4) is 0 Å². The van der Waals surface area contributed by atoms with Crippen LogP contribution in [0.25, 0.3) is 0 Å². The van der Waals surface area contributed by atoms with Crippen molar-refractivity contribution in [2.75, 3.05) is 44.8 Å². The van der Waals surface area contributed by atoms with Crippen molar-refractivity contribution in [3.05, 3.63) is 29.6 Å². The Morgan fingerprint density at radius 1 is 1.33 bits per heavy atom. The minimum Gasteiger partial charge on any atom is -0.389 e. The molecule has 1 saturated heterocycles. The zero-order chi connectivity index (χ0) is 15.5. The molecule has 4 nitrogen and oxygen atoms in total. The molecule has 118 valence electrons. The Bertz CT molecular complexity index is 468. The van der Waals surface area contributed by atoms with Crippen LogP contribution in [0.1, 0.15) is 19.4 Å². The van der Waals surface area contributed by atoms with E-state index in [0.717, 1.165) is 18.7 Å². The summed E-state index contributed by atoms with van der Waals surface area (Å²) in [6, 6.07) is 5.38. The van der Waals surface area contributed by atoms with Gasteiger partial charge in [0.05, 0.1) is 24.5 Å². The van der Waals surface area contributed by atoms with Gasteiger partial charge in [0.25, 0.3) is 0 Å². The molecule has 2 rings (SSSR count). The van der Waals surface area contributed by atoms with Gasteiger partial charge < -0.3 is 14.7 Å². The zero-order valence-electron chi connectivity index (χ0n) is 13.1. The summed E-state index contributed by atoms with van der Waals surface area (Å²) in [5, 5.41) is 9.80. The monoisotopic (exact) mass is 296 g/mol. The molecule has 1 aliphatic rings. The highest BCUT2D eigenvalue weighted by molar-refractivity contribution is 5.49. The Balaban J connectivity index is 2.01. The average molecular weight is 296 g/mol. The number of likely N-dealkylation sites (N-methyl/N-ethyl adjacent to an activating group) is 1. The van der Waals surface area contributed by atoms with Gasteiger partial charge in [0.2, 0.25) is 0 Å². The molecule has 1 aliphatic heterocycles. The summed E-state index contributed by atoms with van der Waals surface area (Å²) in [6.45, 7) is 7.45. The van der Waals surface area contributed by atoms with Gasteiger partial charge in [-0.1, -0.05) is 6.07 Å². The van der Waals surface area contributed by atoms with Gasteiger partial charge in [0, 0.05) is 26.2 Å². The summed E-state index contributed by atoms with van der Waals surface area (Å²) < 4.78 is 19.6. The molecule has 0 bridgehead atoms. The number of hydrogen-bond acceptors (Lipinski definition) is 4. The third kappa shape index (κ3) is 4.95. The lowest BCUT2D eigenvalue weighted by Crippen LogP contribution is -2.37. The molecule has 0 atom stereocenters. The Kier molecular flexibility index (Phi) is 5.19. The van der Waals surface area contributed by atoms with Gasteiger partial charge in [0.15, 0.2) is 0 Å². The summed E-state index contributed by atoms with van der Waals surface area (Å²) in [5.41, 5.74) is 0.810. The number of benzene rings is 1. The van der Waals surface area contributed by atoms with Crippen LogP contribution in [-0.2, 0) is 11.3 Å². The number of rotatable bonds is 5. The van der Waals surface area contributed by atoms with Gasteiger partial charge in [-0.15, -0.1) is 0 Å². The maximum atomic E-state index is 14.3. The molecule has 0 aliphatic carbocycles. The fourth-order valence-corrected chi connectivity index (χ4v) is 2.74. The molecule has 1 fully saturated rings. The number of nitrogens with zero attached hydrogens (tertiary/aromatic N) is 2. The lowest BCUT2D eigenvalue weighted by atomic mass is 10.1. The van der Waals surface area contributed by atoms with Crippen molar-refractivity contribution < 1.29 is 14.2 Å². The van der Waals surface area contributed by atoms with Gasteiger partial charge >= 0.3 is 0 Å². The van der Waals surface area contributed by atoms with E-state index in [-0.39, 0.29) is 5.82 Å². The molecule has 5 heteroatoms. The van der Waals surface area contributed by atoms with Crippen LogP contribution in [0.5, 0.6) is 0 Å².